The summed E-state index contributed by atoms with van der Waals surface area (Å²) in [6, 6.07) is 15.8. The summed E-state index contributed by atoms with van der Waals surface area (Å²) >= 11 is 5.79. The number of nitrogens with zero attached hydrogens (tertiary/aromatic N) is 3. The van der Waals surface area contributed by atoms with Crippen molar-refractivity contribution >= 4 is 29.1 Å². The molecule has 0 radical (unpaired) electrons. The molecule has 26 heavy (non-hydrogen) atoms. The Morgan fingerprint density at radius 1 is 1.00 bits per heavy atom. The van der Waals surface area contributed by atoms with Crippen LogP contribution in [0, 0.1) is 0 Å². The van der Waals surface area contributed by atoms with Crippen LogP contribution < -0.4 is 15.4 Å². The predicted molar refractivity (Wildman–Crippen MR) is 99.2 cm³/mol. The molecule has 1 aromatic carbocycles. The van der Waals surface area contributed by atoms with Crippen molar-refractivity contribution < 1.29 is 9.53 Å². The first-order chi connectivity index (χ1) is 12.7. The Labute approximate surface area is 155 Å². The van der Waals surface area contributed by atoms with E-state index in [0.717, 1.165) is 5.69 Å². The summed E-state index contributed by atoms with van der Waals surface area (Å²) in [5.74, 6) is 1.16. The molecule has 2 aromatic heterocycles. The zero-order valence-corrected chi connectivity index (χ0v) is 14.5. The Kier molecular flexibility index (Phi) is 5.95. The molecule has 0 aliphatic heterocycles. The van der Waals surface area contributed by atoms with Crippen LogP contribution in [-0.2, 0) is 11.3 Å². The topological polar surface area (TPSA) is 89.0 Å². The van der Waals surface area contributed by atoms with Gasteiger partial charge in [-0.2, -0.15) is 0 Å². The Morgan fingerprint density at radius 3 is 2.46 bits per heavy atom. The molecule has 0 fully saturated rings. The molecule has 2 heterocycles. The quantitative estimate of drug-likeness (QED) is 0.665. The maximum absolute atomic E-state index is 11.9. The average molecular weight is 370 g/mol. The second-order valence-electron chi connectivity index (χ2n) is 5.27. The summed E-state index contributed by atoms with van der Waals surface area (Å²) in [5, 5.41) is 14.3. The molecule has 8 heteroatoms. The van der Waals surface area contributed by atoms with Gasteiger partial charge in [-0.15, -0.1) is 10.2 Å². The second kappa shape index (κ2) is 8.77. The van der Waals surface area contributed by atoms with Crippen molar-refractivity contribution in [2.45, 2.75) is 6.54 Å². The minimum Gasteiger partial charge on any atom is -0.484 e. The number of carbonyl (C=O) groups excluding carboxylic acids is 1. The Morgan fingerprint density at radius 2 is 1.77 bits per heavy atom. The SMILES string of the molecule is O=C(COc1ccc(Cl)cc1)Nc1ccc(NCc2ccccn2)nn1. The van der Waals surface area contributed by atoms with Gasteiger partial charge in [0.15, 0.2) is 12.4 Å². The lowest BCUT2D eigenvalue weighted by atomic mass is 10.3. The van der Waals surface area contributed by atoms with Crippen molar-refractivity contribution in [3.05, 3.63) is 71.5 Å². The van der Waals surface area contributed by atoms with Gasteiger partial charge in [-0.3, -0.25) is 9.78 Å². The first-order valence-corrected chi connectivity index (χ1v) is 8.22. The highest BCUT2D eigenvalue weighted by Gasteiger charge is 2.06. The van der Waals surface area contributed by atoms with Gasteiger partial charge >= 0.3 is 0 Å². The summed E-state index contributed by atoms with van der Waals surface area (Å²) in [6.07, 6.45) is 1.73. The molecule has 0 unspecified atom stereocenters. The van der Waals surface area contributed by atoms with Gasteiger partial charge in [-0.05, 0) is 48.5 Å². The lowest BCUT2D eigenvalue weighted by Crippen LogP contribution is -2.21. The third-order valence-corrected chi connectivity index (χ3v) is 3.54. The summed E-state index contributed by atoms with van der Waals surface area (Å²) < 4.78 is 5.37. The van der Waals surface area contributed by atoms with Gasteiger partial charge in [0, 0.05) is 11.2 Å². The van der Waals surface area contributed by atoms with E-state index >= 15 is 0 Å². The van der Waals surface area contributed by atoms with E-state index in [1.165, 1.54) is 0 Å². The molecule has 0 aliphatic rings. The van der Waals surface area contributed by atoms with Gasteiger partial charge in [0.2, 0.25) is 0 Å². The number of hydrogen-bond acceptors (Lipinski definition) is 6. The molecule has 1 amide bonds. The molecule has 0 spiro atoms. The van der Waals surface area contributed by atoms with Crippen molar-refractivity contribution in [3.8, 4) is 5.75 Å². The molecular weight excluding hydrogens is 354 g/mol. The van der Waals surface area contributed by atoms with Crippen LogP contribution in [0.2, 0.25) is 5.02 Å². The largest absolute Gasteiger partial charge is 0.484 e. The van der Waals surface area contributed by atoms with Crippen LogP contribution in [0.3, 0.4) is 0 Å². The van der Waals surface area contributed by atoms with E-state index in [9.17, 15) is 4.79 Å². The maximum atomic E-state index is 11.9. The number of ether oxygens (including phenoxy) is 1. The van der Waals surface area contributed by atoms with Crippen LogP contribution in [0.5, 0.6) is 5.75 Å². The highest BCUT2D eigenvalue weighted by molar-refractivity contribution is 6.30. The third kappa shape index (κ3) is 5.42. The minimum atomic E-state index is -0.330. The Bertz CT molecular complexity index is 842. The Hall–Kier alpha value is -3.19. The van der Waals surface area contributed by atoms with Gasteiger partial charge < -0.3 is 15.4 Å². The number of carbonyl (C=O) groups is 1. The van der Waals surface area contributed by atoms with Gasteiger partial charge in [0.25, 0.3) is 5.91 Å². The lowest BCUT2D eigenvalue weighted by Gasteiger charge is -2.08. The first kappa shape index (κ1) is 17.6. The zero-order valence-electron chi connectivity index (χ0n) is 13.7. The third-order valence-electron chi connectivity index (χ3n) is 3.29. The average Bonchev–Trinajstić information content (AvgIpc) is 2.68. The normalized spacial score (nSPS) is 10.2. The predicted octanol–water partition coefficient (Wildman–Crippen LogP) is 3.15. The number of hydrogen-bond donors (Lipinski definition) is 2. The number of nitrogens with one attached hydrogen (secondary N) is 2. The smallest absolute Gasteiger partial charge is 0.263 e. The second-order valence-corrected chi connectivity index (χ2v) is 5.71. The van der Waals surface area contributed by atoms with Crippen LogP contribution in [0.4, 0.5) is 11.6 Å². The van der Waals surface area contributed by atoms with E-state index in [2.05, 4.69) is 25.8 Å². The fraction of sp³-hybridized carbons (Fsp3) is 0.111. The highest BCUT2D eigenvalue weighted by Crippen LogP contribution is 2.15. The van der Waals surface area contributed by atoms with E-state index in [0.29, 0.717) is 29.0 Å². The molecule has 0 aliphatic carbocycles. The fourth-order valence-electron chi connectivity index (χ4n) is 2.04. The van der Waals surface area contributed by atoms with E-state index in [1.54, 1.807) is 42.6 Å². The van der Waals surface area contributed by atoms with Gasteiger partial charge in [-0.1, -0.05) is 17.7 Å². The number of amides is 1. The van der Waals surface area contributed by atoms with Crippen LogP contribution >= 0.6 is 11.6 Å². The summed E-state index contributed by atoms with van der Waals surface area (Å²) in [7, 11) is 0. The van der Waals surface area contributed by atoms with Crippen molar-refractivity contribution in [1.82, 2.24) is 15.2 Å². The van der Waals surface area contributed by atoms with Crippen LogP contribution in [0.1, 0.15) is 5.69 Å². The molecule has 0 saturated heterocycles. The van der Waals surface area contributed by atoms with Crippen molar-refractivity contribution in [2.24, 2.45) is 0 Å². The Balaban J connectivity index is 1.45. The summed E-state index contributed by atoms with van der Waals surface area (Å²) in [4.78, 5) is 16.1. The van der Waals surface area contributed by atoms with Crippen molar-refractivity contribution in [2.75, 3.05) is 17.2 Å². The monoisotopic (exact) mass is 369 g/mol. The van der Waals surface area contributed by atoms with E-state index in [-0.39, 0.29) is 12.5 Å². The number of rotatable bonds is 7. The maximum Gasteiger partial charge on any atom is 0.263 e. The number of anilines is 2. The summed E-state index contributed by atoms with van der Waals surface area (Å²) in [6.45, 7) is 0.402. The molecular formula is C18H16ClN5O2. The van der Waals surface area contributed by atoms with Crippen molar-refractivity contribution in [3.63, 3.8) is 0 Å². The highest BCUT2D eigenvalue weighted by atomic mass is 35.5. The molecule has 0 bridgehead atoms. The van der Waals surface area contributed by atoms with Crippen molar-refractivity contribution in [1.29, 1.82) is 0 Å². The number of halogens is 1. The van der Waals surface area contributed by atoms with Gasteiger partial charge in [0.05, 0.1) is 12.2 Å². The molecule has 132 valence electrons. The molecule has 3 rings (SSSR count). The van der Waals surface area contributed by atoms with E-state index < -0.39 is 0 Å². The molecule has 0 atom stereocenters. The number of benzene rings is 1. The first-order valence-electron chi connectivity index (χ1n) is 7.85. The van der Waals surface area contributed by atoms with Crippen LogP contribution in [0.15, 0.2) is 60.8 Å². The minimum absolute atomic E-state index is 0.136. The molecule has 0 saturated carbocycles. The molecule has 7 nitrogen and oxygen atoms in total. The number of pyridine rings is 1. The molecule has 2 N–H and O–H groups in total. The van der Waals surface area contributed by atoms with E-state index in [4.69, 9.17) is 16.3 Å². The standard InChI is InChI=1S/C18H16ClN5O2/c19-13-4-6-15(7-5-13)26-12-18(25)22-17-9-8-16(23-24-17)21-11-14-3-1-2-10-20-14/h1-10H,11-12H2,(H,21,23)(H,22,24,25). The lowest BCUT2D eigenvalue weighted by molar-refractivity contribution is -0.118. The molecule has 3 aromatic rings. The zero-order chi connectivity index (χ0) is 18.2. The van der Waals surface area contributed by atoms with E-state index in [1.807, 2.05) is 18.2 Å². The fourth-order valence-corrected chi connectivity index (χ4v) is 2.16. The van der Waals surface area contributed by atoms with Gasteiger partial charge in [-0.25, -0.2) is 0 Å². The van der Waals surface area contributed by atoms with Gasteiger partial charge in [0.1, 0.15) is 11.6 Å². The number of aromatic nitrogens is 3. The van der Waals surface area contributed by atoms with Crippen LogP contribution in [-0.4, -0.2) is 27.7 Å². The summed E-state index contributed by atoms with van der Waals surface area (Å²) in [5.41, 5.74) is 0.894. The van der Waals surface area contributed by atoms with Crippen LogP contribution in [0.25, 0.3) is 0 Å².